The minimum absolute atomic E-state index is 0.562. The Labute approximate surface area is 87.6 Å². The van der Waals surface area contributed by atoms with Gasteiger partial charge in [0.15, 0.2) is 0 Å². The van der Waals surface area contributed by atoms with Gasteiger partial charge in [-0.25, -0.2) is 4.98 Å². The van der Waals surface area contributed by atoms with Crippen LogP contribution in [-0.4, -0.2) is 15.8 Å². The molecular formula is C11H11ClN2. The monoisotopic (exact) mass is 206 g/mol. The van der Waals surface area contributed by atoms with Crippen LogP contribution in [0.1, 0.15) is 12.5 Å². The van der Waals surface area contributed by atoms with Crippen molar-refractivity contribution < 1.29 is 0 Å². The third-order valence-corrected chi connectivity index (χ3v) is 2.52. The summed E-state index contributed by atoms with van der Waals surface area (Å²) in [6, 6.07) is 3.98. The lowest BCUT2D eigenvalue weighted by molar-refractivity contribution is 1.32. The van der Waals surface area contributed by atoms with Crippen LogP contribution in [0.15, 0.2) is 30.1 Å². The van der Waals surface area contributed by atoms with Gasteiger partial charge in [-0.05, 0) is 19.1 Å². The number of allylic oxidation sites excluding steroid dienone is 1. The van der Waals surface area contributed by atoms with Crippen LogP contribution < -0.4 is 0 Å². The summed E-state index contributed by atoms with van der Waals surface area (Å²) in [5.74, 6) is 0.562. The molecular weight excluding hydrogens is 196 g/mol. The molecule has 1 N–H and O–H groups in total. The molecule has 0 aliphatic rings. The zero-order valence-corrected chi connectivity index (χ0v) is 8.67. The van der Waals surface area contributed by atoms with Crippen molar-refractivity contribution in [3.05, 3.63) is 35.7 Å². The van der Waals surface area contributed by atoms with E-state index in [1.54, 1.807) is 6.20 Å². The molecule has 0 amide bonds. The molecule has 0 saturated heterocycles. The number of fused-ring (bicyclic) bond motifs is 1. The van der Waals surface area contributed by atoms with Crippen molar-refractivity contribution in [3.8, 4) is 0 Å². The van der Waals surface area contributed by atoms with Gasteiger partial charge >= 0.3 is 0 Å². The van der Waals surface area contributed by atoms with Gasteiger partial charge in [0.25, 0.3) is 0 Å². The van der Waals surface area contributed by atoms with E-state index >= 15 is 0 Å². The molecule has 0 spiro atoms. The van der Waals surface area contributed by atoms with Crippen LogP contribution in [0, 0.1) is 0 Å². The number of halogens is 1. The summed E-state index contributed by atoms with van der Waals surface area (Å²) in [5, 5.41) is 1.14. The highest BCUT2D eigenvalue weighted by molar-refractivity contribution is 6.19. The van der Waals surface area contributed by atoms with Crippen molar-refractivity contribution in [2.75, 3.05) is 5.88 Å². The number of alkyl halides is 1. The van der Waals surface area contributed by atoms with Gasteiger partial charge in [-0.3, -0.25) is 0 Å². The molecule has 0 saturated carbocycles. The highest BCUT2D eigenvalue weighted by Gasteiger charge is 2.00. The Morgan fingerprint density at radius 3 is 3.29 bits per heavy atom. The smallest absolute Gasteiger partial charge is 0.137 e. The van der Waals surface area contributed by atoms with Crippen molar-refractivity contribution >= 4 is 28.7 Å². The molecule has 2 heterocycles. The van der Waals surface area contributed by atoms with Crippen molar-refractivity contribution in [2.24, 2.45) is 0 Å². The van der Waals surface area contributed by atoms with Crippen LogP contribution in [0.5, 0.6) is 0 Å². The number of aromatic nitrogens is 2. The molecule has 2 nitrogen and oxygen atoms in total. The zero-order chi connectivity index (χ0) is 9.97. The summed E-state index contributed by atoms with van der Waals surface area (Å²) >= 11 is 5.73. The van der Waals surface area contributed by atoms with Gasteiger partial charge in [0, 0.05) is 29.2 Å². The first-order valence-electron chi connectivity index (χ1n) is 4.46. The molecule has 2 aromatic heterocycles. The first kappa shape index (κ1) is 9.28. The molecule has 3 heteroatoms. The van der Waals surface area contributed by atoms with E-state index in [0.29, 0.717) is 5.88 Å². The maximum absolute atomic E-state index is 5.73. The van der Waals surface area contributed by atoms with Crippen molar-refractivity contribution in [3.63, 3.8) is 0 Å². The Balaban J connectivity index is 2.53. The zero-order valence-electron chi connectivity index (χ0n) is 7.92. The maximum Gasteiger partial charge on any atom is 0.137 e. The van der Waals surface area contributed by atoms with Crippen LogP contribution in [0.3, 0.4) is 0 Å². The molecule has 0 bridgehead atoms. The Morgan fingerprint density at radius 2 is 2.50 bits per heavy atom. The van der Waals surface area contributed by atoms with E-state index in [4.69, 9.17) is 11.6 Å². The third kappa shape index (κ3) is 1.66. The van der Waals surface area contributed by atoms with Gasteiger partial charge in [0.1, 0.15) is 5.65 Å². The van der Waals surface area contributed by atoms with E-state index in [2.05, 4.69) is 16.0 Å². The summed E-state index contributed by atoms with van der Waals surface area (Å²) in [5.41, 5.74) is 3.21. The predicted molar refractivity (Wildman–Crippen MR) is 60.5 cm³/mol. The number of hydrogen-bond donors (Lipinski definition) is 1. The van der Waals surface area contributed by atoms with E-state index in [1.807, 2.05) is 25.3 Å². The highest BCUT2D eigenvalue weighted by atomic mass is 35.5. The fourth-order valence-electron chi connectivity index (χ4n) is 1.40. The van der Waals surface area contributed by atoms with Gasteiger partial charge in [-0.2, -0.15) is 0 Å². The van der Waals surface area contributed by atoms with Gasteiger partial charge in [-0.15, -0.1) is 11.6 Å². The highest BCUT2D eigenvalue weighted by Crippen LogP contribution is 2.18. The standard InChI is InChI=1S/C11H11ClN2/c1-8(6-12)5-9-7-14-11-10(9)3-2-4-13-11/h2-5,7H,6H2,1H3,(H,13,14). The summed E-state index contributed by atoms with van der Waals surface area (Å²) < 4.78 is 0. The van der Waals surface area contributed by atoms with Crippen LogP contribution >= 0.6 is 11.6 Å². The fourth-order valence-corrected chi connectivity index (χ4v) is 1.48. The lowest BCUT2D eigenvalue weighted by Crippen LogP contribution is -1.77. The largest absolute Gasteiger partial charge is 0.346 e. The number of nitrogens with zero attached hydrogens (tertiary/aromatic N) is 1. The number of rotatable bonds is 2. The van der Waals surface area contributed by atoms with E-state index in [-0.39, 0.29) is 0 Å². The minimum atomic E-state index is 0.562. The first-order chi connectivity index (χ1) is 6.81. The normalized spacial score (nSPS) is 12.3. The first-order valence-corrected chi connectivity index (χ1v) is 5.00. The molecule has 2 aromatic rings. The summed E-state index contributed by atoms with van der Waals surface area (Å²) in [7, 11) is 0. The van der Waals surface area contributed by atoms with Crippen molar-refractivity contribution in [2.45, 2.75) is 6.92 Å². The number of pyridine rings is 1. The van der Waals surface area contributed by atoms with Gasteiger partial charge in [0.2, 0.25) is 0 Å². The van der Waals surface area contributed by atoms with Crippen LogP contribution in [-0.2, 0) is 0 Å². The molecule has 0 aliphatic heterocycles. The lowest BCUT2D eigenvalue weighted by atomic mass is 10.1. The molecule has 0 unspecified atom stereocenters. The quantitative estimate of drug-likeness (QED) is 0.752. The second-order valence-electron chi connectivity index (χ2n) is 3.27. The van der Waals surface area contributed by atoms with E-state index in [0.717, 1.165) is 22.2 Å². The number of nitrogens with one attached hydrogen (secondary N) is 1. The Bertz CT molecular complexity index is 471. The molecule has 0 atom stereocenters. The van der Waals surface area contributed by atoms with Crippen LogP contribution in [0.4, 0.5) is 0 Å². The van der Waals surface area contributed by atoms with E-state index < -0.39 is 0 Å². The number of aromatic amines is 1. The van der Waals surface area contributed by atoms with Crippen LogP contribution in [0.2, 0.25) is 0 Å². The van der Waals surface area contributed by atoms with E-state index in [9.17, 15) is 0 Å². The average molecular weight is 207 g/mol. The van der Waals surface area contributed by atoms with Crippen molar-refractivity contribution in [1.29, 1.82) is 0 Å². The Hall–Kier alpha value is -1.28. The summed E-state index contributed by atoms with van der Waals surface area (Å²) in [6.07, 6.45) is 5.81. The fraction of sp³-hybridized carbons (Fsp3) is 0.182. The number of H-pyrrole nitrogens is 1. The van der Waals surface area contributed by atoms with Crippen LogP contribution in [0.25, 0.3) is 17.1 Å². The second-order valence-corrected chi connectivity index (χ2v) is 3.54. The third-order valence-electron chi connectivity index (χ3n) is 2.10. The Morgan fingerprint density at radius 1 is 1.64 bits per heavy atom. The molecule has 14 heavy (non-hydrogen) atoms. The predicted octanol–water partition coefficient (Wildman–Crippen LogP) is 3.21. The van der Waals surface area contributed by atoms with Gasteiger partial charge in [0.05, 0.1) is 0 Å². The molecule has 0 aromatic carbocycles. The maximum atomic E-state index is 5.73. The molecule has 0 radical (unpaired) electrons. The SMILES string of the molecule is CC(=Cc1c[nH]c2ncccc12)CCl. The molecule has 2 rings (SSSR count). The van der Waals surface area contributed by atoms with E-state index in [1.165, 1.54) is 0 Å². The summed E-state index contributed by atoms with van der Waals surface area (Å²) in [6.45, 7) is 2.02. The molecule has 0 fully saturated rings. The second kappa shape index (κ2) is 3.84. The van der Waals surface area contributed by atoms with Gasteiger partial charge < -0.3 is 4.98 Å². The average Bonchev–Trinajstić information content (AvgIpc) is 2.62. The Kier molecular flexibility index (Phi) is 2.55. The topological polar surface area (TPSA) is 28.7 Å². The van der Waals surface area contributed by atoms with Gasteiger partial charge in [-0.1, -0.05) is 11.6 Å². The summed E-state index contributed by atoms with van der Waals surface area (Å²) in [4.78, 5) is 7.34. The molecule has 72 valence electrons. The van der Waals surface area contributed by atoms with Crippen molar-refractivity contribution in [1.82, 2.24) is 9.97 Å². The molecule has 0 aliphatic carbocycles. The lowest BCUT2D eigenvalue weighted by Gasteiger charge is -1.93. The number of hydrogen-bond acceptors (Lipinski definition) is 1. The minimum Gasteiger partial charge on any atom is -0.346 e.